The van der Waals surface area contributed by atoms with Gasteiger partial charge < -0.3 is 9.73 Å². The second-order valence-electron chi connectivity index (χ2n) is 5.99. The predicted molar refractivity (Wildman–Crippen MR) is 80.2 cm³/mol. The van der Waals surface area contributed by atoms with Gasteiger partial charge >= 0.3 is 0 Å². The Morgan fingerprint density at radius 1 is 1.48 bits per heavy atom. The van der Waals surface area contributed by atoms with Crippen LogP contribution in [0.1, 0.15) is 48.5 Å². The molecule has 5 heteroatoms. The molecule has 112 valence electrons. The van der Waals surface area contributed by atoms with E-state index in [-0.39, 0.29) is 5.91 Å². The van der Waals surface area contributed by atoms with Crippen molar-refractivity contribution in [1.29, 1.82) is 0 Å². The topological polar surface area (TPSA) is 70.9 Å². The van der Waals surface area contributed by atoms with Crippen molar-refractivity contribution in [3.8, 4) is 0 Å². The molecule has 2 unspecified atom stereocenters. The van der Waals surface area contributed by atoms with Crippen LogP contribution in [-0.4, -0.2) is 16.1 Å². The largest absolute Gasteiger partial charge is 0.466 e. The van der Waals surface area contributed by atoms with Crippen molar-refractivity contribution in [2.45, 2.75) is 46.0 Å². The van der Waals surface area contributed by atoms with Gasteiger partial charge in [0.2, 0.25) is 5.91 Å². The van der Waals surface area contributed by atoms with Gasteiger partial charge in [-0.25, -0.2) is 0 Å². The molecule has 1 aliphatic rings. The van der Waals surface area contributed by atoms with Crippen LogP contribution in [0.15, 0.2) is 16.5 Å². The van der Waals surface area contributed by atoms with Gasteiger partial charge in [0.15, 0.2) is 5.82 Å². The average molecular weight is 287 g/mol. The number of nitrogens with one attached hydrogen (secondary N) is 2. The Morgan fingerprint density at radius 3 is 2.86 bits per heavy atom. The van der Waals surface area contributed by atoms with E-state index in [1.54, 1.807) is 0 Å². The fourth-order valence-electron chi connectivity index (χ4n) is 2.48. The lowest BCUT2D eigenvalue weighted by Crippen LogP contribution is -2.13. The number of amides is 1. The van der Waals surface area contributed by atoms with E-state index in [9.17, 15) is 4.79 Å². The van der Waals surface area contributed by atoms with Crippen molar-refractivity contribution in [2.75, 3.05) is 5.32 Å². The van der Waals surface area contributed by atoms with E-state index in [1.165, 1.54) is 6.42 Å². The number of anilines is 1. The standard InChI is InChI=1S/C16H21N3O2/c1-9-8-13(9)14-6-4-12(21-14)5-7-15(20)17-16-10(2)11(3)18-19-16/h4,6,9,13H,5,7-8H2,1-3H3,(H2,17,18,19,20). The maximum absolute atomic E-state index is 11.9. The van der Waals surface area contributed by atoms with Crippen molar-refractivity contribution in [3.05, 3.63) is 34.9 Å². The normalized spacial score (nSPS) is 20.5. The molecule has 0 spiro atoms. The van der Waals surface area contributed by atoms with Crippen LogP contribution in [0.5, 0.6) is 0 Å². The number of aryl methyl sites for hydroxylation is 2. The van der Waals surface area contributed by atoms with Gasteiger partial charge in [0.1, 0.15) is 11.5 Å². The smallest absolute Gasteiger partial charge is 0.226 e. The van der Waals surface area contributed by atoms with Crippen LogP contribution in [0.2, 0.25) is 0 Å². The summed E-state index contributed by atoms with van der Waals surface area (Å²) in [5, 5.41) is 9.76. The van der Waals surface area contributed by atoms with Crippen LogP contribution in [0.3, 0.4) is 0 Å². The molecule has 1 saturated carbocycles. The van der Waals surface area contributed by atoms with Crippen LogP contribution in [0, 0.1) is 19.8 Å². The molecule has 5 nitrogen and oxygen atoms in total. The summed E-state index contributed by atoms with van der Waals surface area (Å²) in [4.78, 5) is 11.9. The third-order valence-corrected chi connectivity index (χ3v) is 4.27. The van der Waals surface area contributed by atoms with Gasteiger partial charge in [-0.3, -0.25) is 9.89 Å². The number of hydrogen-bond donors (Lipinski definition) is 2. The molecule has 2 N–H and O–H groups in total. The van der Waals surface area contributed by atoms with E-state index in [4.69, 9.17) is 4.42 Å². The highest BCUT2D eigenvalue weighted by molar-refractivity contribution is 5.90. The molecule has 2 atom stereocenters. The maximum atomic E-state index is 11.9. The van der Waals surface area contributed by atoms with Crippen LogP contribution in [0.25, 0.3) is 0 Å². The Balaban J connectivity index is 1.51. The third-order valence-electron chi connectivity index (χ3n) is 4.27. The summed E-state index contributed by atoms with van der Waals surface area (Å²) in [7, 11) is 0. The Morgan fingerprint density at radius 2 is 2.24 bits per heavy atom. The number of nitrogens with zero attached hydrogens (tertiary/aromatic N) is 1. The SMILES string of the molecule is Cc1[nH]nc(NC(=O)CCc2ccc(C3CC3C)o2)c1C. The first-order valence-electron chi connectivity index (χ1n) is 7.44. The molecule has 2 aromatic heterocycles. The molecule has 3 rings (SSSR count). The van der Waals surface area contributed by atoms with Crippen molar-refractivity contribution in [3.63, 3.8) is 0 Å². The molecule has 0 aliphatic heterocycles. The molecule has 1 amide bonds. The van der Waals surface area contributed by atoms with E-state index in [0.717, 1.165) is 28.7 Å². The second-order valence-corrected chi connectivity index (χ2v) is 5.99. The Hall–Kier alpha value is -2.04. The van der Waals surface area contributed by atoms with Crippen LogP contribution >= 0.6 is 0 Å². The first-order valence-corrected chi connectivity index (χ1v) is 7.44. The highest BCUT2D eigenvalue weighted by Gasteiger charge is 2.36. The molecule has 0 bridgehead atoms. The maximum Gasteiger partial charge on any atom is 0.226 e. The van der Waals surface area contributed by atoms with E-state index in [1.807, 2.05) is 26.0 Å². The molecule has 2 heterocycles. The monoisotopic (exact) mass is 287 g/mol. The third kappa shape index (κ3) is 3.01. The molecule has 1 fully saturated rings. The highest BCUT2D eigenvalue weighted by atomic mass is 16.3. The first kappa shape index (κ1) is 13.9. The number of carbonyl (C=O) groups is 1. The highest BCUT2D eigenvalue weighted by Crippen LogP contribution is 2.47. The summed E-state index contributed by atoms with van der Waals surface area (Å²) in [6.07, 6.45) is 2.24. The van der Waals surface area contributed by atoms with Crippen LogP contribution in [-0.2, 0) is 11.2 Å². The molecule has 0 radical (unpaired) electrons. The first-order chi connectivity index (χ1) is 10.0. The number of aromatic amines is 1. The summed E-state index contributed by atoms with van der Waals surface area (Å²) in [6, 6.07) is 4.03. The lowest BCUT2D eigenvalue weighted by Gasteiger charge is -2.02. The lowest BCUT2D eigenvalue weighted by molar-refractivity contribution is -0.116. The number of carbonyl (C=O) groups excluding carboxylic acids is 1. The minimum absolute atomic E-state index is 0.0395. The second kappa shape index (κ2) is 5.39. The number of hydrogen-bond acceptors (Lipinski definition) is 3. The molecule has 21 heavy (non-hydrogen) atoms. The van der Waals surface area contributed by atoms with Crippen molar-refractivity contribution in [1.82, 2.24) is 10.2 Å². The Bertz CT molecular complexity index is 656. The van der Waals surface area contributed by atoms with Gasteiger partial charge in [0.25, 0.3) is 0 Å². The Labute approximate surface area is 124 Å². The fourth-order valence-corrected chi connectivity index (χ4v) is 2.48. The van der Waals surface area contributed by atoms with Gasteiger partial charge in [-0.1, -0.05) is 6.92 Å². The number of rotatable bonds is 5. The van der Waals surface area contributed by atoms with Crippen LogP contribution < -0.4 is 5.32 Å². The van der Waals surface area contributed by atoms with Crippen molar-refractivity contribution in [2.24, 2.45) is 5.92 Å². The van der Waals surface area contributed by atoms with E-state index >= 15 is 0 Å². The van der Waals surface area contributed by atoms with Crippen molar-refractivity contribution >= 4 is 11.7 Å². The summed E-state index contributed by atoms with van der Waals surface area (Å²) in [6.45, 7) is 6.10. The zero-order valence-corrected chi connectivity index (χ0v) is 12.7. The predicted octanol–water partition coefficient (Wildman–Crippen LogP) is 3.31. The molecule has 1 aliphatic carbocycles. The molecule has 2 aromatic rings. The van der Waals surface area contributed by atoms with E-state index in [2.05, 4.69) is 22.4 Å². The summed E-state index contributed by atoms with van der Waals surface area (Å²) in [5.74, 6) is 3.85. The van der Waals surface area contributed by atoms with E-state index in [0.29, 0.717) is 24.6 Å². The Kier molecular flexibility index (Phi) is 3.57. The average Bonchev–Trinajstić information content (AvgIpc) is 2.88. The number of H-pyrrole nitrogens is 1. The zero-order valence-electron chi connectivity index (χ0n) is 12.7. The number of aromatic nitrogens is 2. The minimum Gasteiger partial charge on any atom is -0.466 e. The van der Waals surface area contributed by atoms with E-state index < -0.39 is 0 Å². The lowest BCUT2D eigenvalue weighted by atomic mass is 10.2. The molecule has 0 aromatic carbocycles. The molecular formula is C16H21N3O2. The zero-order chi connectivity index (χ0) is 15.0. The minimum atomic E-state index is -0.0395. The quantitative estimate of drug-likeness (QED) is 0.886. The van der Waals surface area contributed by atoms with Crippen molar-refractivity contribution < 1.29 is 9.21 Å². The summed E-state index contributed by atoms with van der Waals surface area (Å²) < 4.78 is 5.80. The van der Waals surface area contributed by atoms with Gasteiger partial charge in [-0.15, -0.1) is 0 Å². The van der Waals surface area contributed by atoms with Gasteiger partial charge in [-0.05, 0) is 38.3 Å². The van der Waals surface area contributed by atoms with Crippen LogP contribution in [0.4, 0.5) is 5.82 Å². The number of furan rings is 1. The van der Waals surface area contributed by atoms with Gasteiger partial charge in [-0.2, -0.15) is 5.10 Å². The summed E-state index contributed by atoms with van der Waals surface area (Å²) in [5.41, 5.74) is 1.95. The van der Waals surface area contributed by atoms with Gasteiger partial charge in [0.05, 0.1) is 0 Å². The molecule has 0 saturated heterocycles. The summed E-state index contributed by atoms with van der Waals surface area (Å²) >= 11 is 0. The molecular weight excluding hydrogens is 266 g/mol. The fraction of sp³-hybridized carbons (Fsp3) is 0.500. The van der Waals surface area contributed by atoms with Gasteiger partial charge in [0, 0.05) is 30.0 Å².